The van der Waals surface area contributed by atoms with Gasteiger partial charge in [0.1, 0.15) is 11.2 Å². The predicted molar refractivity (Wildman–Crippen MR) is 325 cm³/mol. The number of unbranched alkanes of at least 4 members (excludes halogenated alkanes) is 2. The maximum Gasteiger partial charge on any atom is 0.508 e. The Balaban J connectivity index is 0.951. The summed E-state index contributed by atoms with van der Waals surface area (Å²) in [6.45, 7) is 4.64. The first-order valence-electron chi connectivity index (χ1n) is 29.3. The van der Waals surface area contributed by atoms with Crippen molar-refractivity contribution in [3.63, 3.8) is 0 Å². The second-order valence-electron chi connectivity index (χ2n) is 22.6. The normalized spacial score (nSPS) is 14.8. The highest BCUT2D eigenvalue weighted by molar-refractivity contribution is 6.09. The van der Waals surface area contributed by atoms with Crippen LogP contribution in [0.25, 0.3) is 60.9 Å². The van der Waals surface area contributed by atoms with Crippen molar-refractivity contribution in [2.45, 2.75) is 128 Å². The molecule has 0 bridgehead atoms. The lowest BCUT2D eigenvalue weighted by molar-refractivity contribution is -0.0452. The summed E-state index contributed by atoms with van der Waals surface area (Å²) in [4.78, 5) is 28.4. The topological polar surface area (TPSA) is 79.2 Å². The Morgan fingerprint density at radius 3 is 1.30 bits per heavy atom. The zero-order chi connectivity index (χ0) is 54.7. The van der Waals surface area contributed by atoms with Crippen LogP contribution in [-0.4, -0.2) is 41.3 Å². The van der Waals surface area contributed by atoms with Gasteiger partial charge in [0.2, 0.25) is 0 Å². The van der Waals surface area contributed by atoms with Crippen LogP contribution in [-0.2, 0) is 31.8 Å². The number of hydrogen-bond acceptors (Lipinski definition) is 7. The molecule has 1 aromatic heterocycles. The number of fused-ring (bicyclic) bond motifs is 3. The molecule has 2 fully saturated rings. The van der Waals surface area contributed by atoms with Gasteiger partial charge in [-0.3, -0.25) is 0 Å². The molecule has 80 heavy (non-hydrogen) atoms. The number of nitrogens with zero attached hydrogens (tertiary/aromatic N) is 2. The van der Waals surface area contributed by atoms with Gasteiger partial charge in [-0.2, -0.15) is 0 Å². The molecule has 0 amide bonds. The number of aromatic nitrogens is 1. The van der Waals surface area contributed by atoms with E-state index in [9.17, 15) is 9.59 Å². The fourth-order valence-electron chi connectivity index (χ4n) is 12.3. The van der Waals surface area contributed by atoms with Crippen molar-refractivity contribution >= 4 is 51.2 Å². The van der Waals surface area contributed by atoms with Gasteiger partial charge in [0.15, 0.2) is 0 Å². The van der Waals surface area contributed by atoms with E-state index >= 15 is 0 Å². The lowest BCUT2D eigenvalue weighted by atomic mass is 9.86. The molecular formula is C72H74N2O6. The summed E-state index contributed by atoms with van der Waals surface area (Å²) in [6, 6.07) is 69.9. The second-order valence-corrected chi connectivity index (χ2v) is 22.6. The first kappa shape index (κ1) is 53.9. The Bertz CT molecular complexity index is 3380. The van der Waals surface area contributed by atoms with E-state index in [0.717, 1.165) is 133 Å². The highest BCUT2D eigenvalue weighted by Gasteiger charge is 2.33. The molecule has 0 radical (unpaired) electrons. The highest BCUT2D eigenvalue weighted by Crippen LogP contribution is 2.42. The van der Waals surface area contributed by atoms with Crippen LogP contribution in [0.2, 0.25) is 0 Å². The van der Waals surface area contributed by atoms with E-state index in [4.69, 9.17) is 18.9 Å². The summed E-state index contributed by atoms with van der Waals surface area (Å²) in [5, 5.41) is 2.43. The fraction of sp³-hybridized carbons (Fsp3) is 0.306. The van der Waals surface area contributed by atoms with Crippen LogP contribution in [0.1, 0.15) is 115 Å². The van der Waals surface area contributed by atoms with Gasteiger partial charge >= 0.3 is 12.3 Å². The van der Waals surface area contributed by atoms with Crippen molar-refractivity contribution < 1.29 is 28.5 Å². The average molecular weight is 1060 g/mol. The van der Waals surface area contributed by atoms with Crippen molar-refractivity contribution in [1.82, 2.24) is 4.57 Å². The maximum absolute atomic E-state index is 13.0. The van der Waals surface area contributed by atoms with Crippen LogP contribution >= 0.6 is 0 Å². The van der Waals surface area contributed by atoms with Crippen LogP contribution in [0.15, 0.2) is 194 Å². The SMILES string of the molecule is CC1(OC(=O)OCCCCc2cc(N(c3ccc(-c4ccccc4)cc3)c3ccc(-c4ccccc4)cc3)ccc2-c2ccc(-n3c4ccccc4c4ccccc43)cc2CCCCOC(=O)OC2(C)CCCCC2)CCCCC1. The van der Waals surface area contributed by atoms with Gasteiger partial charge in [0.25, 0.3) is 0 Å². The van der Waals surface area contributed by atoms with E-state index < -0.39 is 23.5 Å². The van der Waals surface area contributed by atoms with Crippen LogP contribution in [0.5, 0.6) is 0 Å². The molecule has 9 aromatic rings. The van der Waals surface area contributed by atoms with E-state index in [2.05, 4.69) is 204 Å². The Hall–Kier alpha value is -8.10. The van der Waals surface area contributed by atoms with E-state index in [-0.39, 0.29) is 6.61 Å². The number of anilines is 3. The number of aryl methyl sites for hydroxylation is 2. The number of para-hydroxylation sites is 2. The third kappa shape index (κ3) is 12.7. The first-order valence-corrected chi connectivity index (χ1v) is 29.3. The average Bonchev–Trinajstić information content (AvgIpc) is 4.07. The molecule has 8 aromatic carbocycles. The van der Waals surface area contributed by atoms with Crippen molar-refractivity contribution in [3.8, 4) is 39.1 Å². The number of hydrogen-bond donors (Lipinski definition) is 0. The maximum atomic E-state index is 13.0. The summed E-state index contributed by atoms with van der Waals surface area (Å²) in [5.41, 5.74) is 15.0. The molecule has 8 nitrogen and oxygen atoms in total. The molecule has 0 spiro atoms. The summed E-state index contributed by atoms with van der Waals surface area (Å²) in [5.74, 6) is 0. The molecule has 0 atom stereocenters. The van der Waals surface area contributed by atoms with Crippen molar-refractivity contribution in [2.75, 3.05) is 18.1 Å². The van der Waals surface area contributed by atoms with Gasteiger partial charge in [-0.25, -0.2) is 9.59 Å². The smallest absolute Gasteiger partial charge is 0.434 e. The third-order valence-corrected chi connectivity index (χ3v) is 16.6. The fourth-order valence-corrected chi connectivity index (χ4v) is 12.3. The van der Waals surface area contributed by atoms with Gasteiger partial charge in [0, 0.05) is 33.5 Å². The zero-order valence-corrected chi connectivity index (χ0v) is 46.5. The van der Waals surface area contributed by atoms with Gasteiger partial charge in [-0.05, 0) is 209 Å². The molecule has 2 saturated carbocycles. The molecular weight excluding hydrogens is 989 g/mol. The Morgan fingerprint density at radius 2 is 0.825 bits per heavy atom. The molecule has 408 valence electrons. The monoisotopic (exact) mass is 1060 g/mol. The Labute approximate surface area is 472 Å². The number of benzene rings is 8. The highest BCUT2D eigenvalue weighted by atomic mass is 16.7. The predicted octanol–water partition coefficient (Wildman–Crippen LogP) is 19.7. The van der Waals surface area contributed by atoms with Crippen molar-refractivity contribution in [2.24, 2.45) is 0 Å². The molecule has 2 aliphatic carbocycles. The quantitative estimate of drug-likeness (QED) is 0.0590. The minimum Gasteiger partial charge on any atom is -0.434 e. The van der Waals surface area contributed by atoms with Crippen LogP contribution in [0, 0.1) is 0 Å². The largest absolute Gasteiger partial charge is 0.508 e. The van der Waals surface area contributed by atoms with E-state index in [1.165, 1.54) is 45.9 Å². The third-order valence-electron chi connectivity index (χ3n) is 16.6. The molecule has 0 unspecified atom stereocenters. The molecule has 0 saturated heterocycles. The summed E-state index contributed by atoms with van der Waals surface area (Å²) in [6.07, 6.45) is 13.5. The van der Waals surface area contributed by atoms with Gasteiger partial charge in [-0.1, -0.05) is 146 Å². The molecule has 2 aliphatic rings. The molecule has 0 aliphatic heterocycles. The van der Waals surface area contributed by atoms with Crippen LogP contribution < -0.4 is 4.90 Å². The van der Waals surface area contributed by atoms with Crippen molar-refractivity contribution in [3.05, 3.63) is 205 Å². The van der Waals surface area contributed by atoms with E-state index in [0.29, 0.717) is 19.4 Å². The lowest BCUT2D eigenvalue weighted by Crippen LogP contribution is -2.34. The molecule has 11 rings (SSSR count). The number of carbonyl (C=O) groups excluding carboxylic acids is 2. The van der Waals surface area contributed by atoms with Gasteiger partial charge < -0.3 is 28.4 Å². The minimum absolute atomic E-state index is 0.283. The molecule has 8 heteroatoms. The second kappa shape index (κ2) is 24.9. The Morgan fingerprint density at radius 1 is 0.425 bits per heavy atom. The number of carbonyl (C=O) groups is 2. The van der Waals surface area contributed by atoms with Gasteiger partial charge in [-0.15, -0.1) is 0 Å². The van der Waals surface area contributed by atoms with Crippen molar-refractivity contribution in [1.29, 1.82) is 0 Å². The number of ether oxygens (including phenoxy) is 4. The standard InChI is InChI=1S/C72H74N2O6/c1-71(45-17-5-18-46-71)79-69(75)77-49-21-15-27-57-51-61(73(59-37-33-55(34-38-59)53-23-7-3-8-24-53)60-39-35-56(36-40-60)54-25-9-4-10-26-54)41-43-63(57)64-44-42-62(74-67-31-13-11-29-65(67)66-30-12-14-32-68(66)74)52-58(64)28-16-22-50-78-70(76)80-72(2)47-19-6-20-48-72/h3-4,7-14,23-26,29-44,51-52H,5-6,15-22,27-28,45-50H2,1-2H3. The van der Waals surface area contributed by atoms with Crippen LogP contribution in [0.4, 0.5) is 26.7 Å². The molecule has 0 N–H and O–H groups in total. The summed E-state index contributed by atoms with van der Waals surface area (Å²) < 4.78 is 25.7. The number of rotatable bonds is 19. The minimum atomic E-state index is -0.571. The molecule has 1 heterocycles. The van der Waals surface area contributed by atoms with Crippen LogP contribution in [0.3, 0.4) is 0 Å². The zero-order valence-electron chi connectivity index (χ0n) is 46.5. The lowest BCUT2D eigenvalue weighted by Gasteiger charge is -2.32. The Kier molecular flexibility index (Phi) is 16.8. The van der Waals surface area contributed by atoms with Gasteiger partial charge in [0.05, 0.1) is 24.2 Å². The van der Waals surface area contributed by atoms with E-state index in [1.807, 2.05) is 13.8 Å². The summed E-state index contributed by atoms with van der Waals surface area (Å²) >= 11 is 0. The van der Waals surface area contributed by atoms with E-state index in [1.54, 1.807) is 0 Å². The summed E-state index contributed by atoms with van der Waals surface area (Å²) in [7, 11) is 0. The first-order chi connectivity index (χ1) is 39.2.